The number of cyclic esters (lactones) is 1. The SMILES string of the molecule is CC1=CCC2(CCC(=O)OC2)C(C)C1. The molecule has 0 radical (unpaired) electrons. The lowest BCUT2D eigenvalue weighted by atomic mass is 9.65. The van der Waals surface area contributed by atoms with Crippen LogP contribution in [0.4, 0.5) is 0 Å². The zero-order chi connectivity index (χ0) is 10.2. The third-order valence-electron chi connectivity index (χ3n) is 3.88. The van der Waals surface area contributed by atoms with E-state index in [-0.39, 0.29) is 11.4 Å². The second-order valence-electron chi connectivity index (χ2n) is 4.88. The highest BCUT2D eigenvalue weighted by atomic mass is 16.5. The highest BCUT2D eigenvalue weighted by Gasteiger charge is 2.41. The normalized spacial score (nSPS) is 38.0. The first-order valence-corrected chi connectivity index (χ1v) is 5.44. The monoisotopic (exact) mass is 194 g/mol. The number of esters is 1. The van der Waals surface area contributed by atoms with Crippen molar-refractivity contribution in [2.75, 3.05) is 6.61 Å². The van der Waals surface area contributed by atoms with E-state index in [1.165, 1.54) is 5.57 Å². The van der Waals surface area contributed by atoms with E-state index in [2.05, 4.69) is 19.9 Å². The van der Waals surface area contributed by atoms with Gasteiger partial charge in [-0.05, 0) is 32.1 Å². The molecule has 0 saturated carbocycles. The third kappa shape index (κ3) is 1.58. The van der Waals surface area contributed by atoms with Crippen molar-refractivity contribution in [3.05, 3.63) is 11.6 Å². The summed E-state index contributed by atoms with van der Waals surface area (Å²) in [6, 6.07) is 0. The van der Waals surface area contributed by atoms with E-state index in [1.807, 2.05) is 0 Å². The summed E-state index contributed by atoms with van der Waals surface area (Å²) in [5, 5.41) is 0. The molecule has 1 heterocycles. The van der Waals surface area contributed by atoms with E-state index >= 15 is 0 Å². The van der Waals surface area contributed by atoms with Crippen LogP contribution in [0.3, 0.4) is 0 Å². The number of ether oxygens (including phenoxy) is 1. The number of rotatable bonds is 0. The zero-order valence-corrected chi connectivity index (χ0v) is 9.01. The second kappa shape index (κ2) is 3.41. The van der Waals surface area contributed by atoms with Crippen LogP contribution < -0.4 is 0 Å². The molecule has 0 bridgehead atoms. The molecule has 78 valence electrons. The minimum absolute atomic E-state index is 0.0194. The first kappa shape index (κ1) is 9.75. The topological polar surface area (TPSA) is 26.3 Å². The Hall–Kier alpha value is -0.790. The summed E-state index contributed by atoms with van der Waals surface area (Å²) >= 11 is 0. The van der Waals surface area contributed by atoms with Crippen LogP contribution in [-0.4, -0.2) is 12.6 Å². The summed E-state index contributed by atoms with van der Waals surface area (Å²) in [6.45, 7) is 5.12. The Morgan fingerprint density at radius 2 is 2.36 bits per heavy atom. The largest absolute Gasteiger partial charge is 0.465 e. The molecule has 0 aromatic rings. The molecule has 0 aromatic heterocycles. The fourth-order valence-corrected chi connectivity index (χ4v) is 2.63. The molecule has 0 amide bonds. The van der Waals surface area contributed by atoms with Crippen molar-refractivity contribution >= 4 is 5.97 Å². The second-order valence-corrected chi connectivity index (χ2v) is 4.88. The van der Waals surface area contributed by atoms with Crippen LogP contribution in [-0.2, 0) is 9.53 Å². The average molecular weight is 194 g/mol. The minimum atomic E-state index is -0.0194. The van der Waals surface area contributed by atoms with Gasteiger partial charge in [-0.2, -0.15) is 0 Å². The van der Waals surface area contributed by atoms with Crippen LogP contribution in [0.15, 0.2) is 11.6 Å². The number of hydrogen-bond acceptors (Lipinski definition) is 2. The summed E-state index contributed by atoms with van der Waals surface area (Å²) in [7, 11) is 0. The maximum Gasteiger partial charge on any atom is 0.305 e. The molecular weight excluding hydrogens is 176 g/mol. The molecule has 1 aliphatic carbocycles. The molecule has 14 heavy (non-hydrogen) atoms. The Morgan fingerprint density at radius 3 is 2.93 bits per heavy atom. The third-order valence-corrected chi connectivity index (χ3v) is 3.88. The molecule has 2 rings (SSSR count). The Morgan fingerprint density at radius 1 is 1.57 bits per heavy atom. The van der Waals surface area contributed by atoms with Gasteiger partial charge in [-0.15, -0.1) is 0 Å². The Labute approximate surface area is 85.3 Å². The zero-order valence-electron chi connectivity index (χ0n) is 9.01. The molecule has 2 nitrogen and oxygen atoms in total. The lowest BCUT2D eigenvalue weighted by Crippen LogP contribution is -2.40. The first-order valence-electron chi connectivity index (χ1n) is 5.44. The highest BCUT2D eigenvalue weighted by molar-refractivity contribution is 5.70. The van der Waals surface area contributed by atoms with E-state index < -0.39 is 0 Å². The van der Waals surface area contributed by atoms with Crippen molar-refractivity contribution in [2.45, 2.75) is 39.5 Å². The van der Waals surface area contributed by atoms with Crippen molar-refractivity contribution in [1.82, 2.24) is 0 Å². The van der Waals surface area contributed by atoms with Crippen molar-refractivity contribution in [2.24, 2.45) is 11.3 Å². The maximum atomic E-state index is 11.0. The van der Waals surface area contributed by atoms with Gasteiger partial charge in [0.2, 0.25) is 0 Å². The van der Waals surface area contributed by atoms with Crippen LogP contribution in [0.1, 0.15) is 39.5 Å². The van der Waals surface area contributed by atoms with E-state index in [4.69, 9.17) is 4.74 Å². The van der Waals surface area contributed by atoms with Gasteiger partial charge in [-0.25, -0.2) is 0 Å². The van der Waals surface area contributed by atoms with E-state index in [0.29, 0.717) is 18.9 Å². The number of carbonyl (C=O) groups is 1. The number of allylic oxidation sites excluding steroid dienone is 2. The van der Waals surface area contributed by atoms with Crippen molar-refractivity contribution < 1.29 is 9.53 Å². The van der Waals surface area contributed by atoms with E-state index in [0.717, 1.165) is 19.3 Å². The summed E-state index contributed by atoms with van der Waals surface area (Å²) in [5.41, 5.74) is 1.74. The van der Waals surface area contributed by atoms with Crippen LogP contribution >= 0.6 is 0 Å². The van der Waals surface area contributed by atoms with Gasteiger partial charge in [0.1, 0.15) is 0 Å². The minimum Gasteiger partial charge on any atom is -0.465 e. The smallest absolute Gasteiger partial charge is 0.305 e. The predicted octanol–water partition coefficient (Wildman–Crippen LogP) is 2.69. The molecule has 1 saturated heterocycles. The summed E-state index contributed by atoms with van der Waals surface area (Å²) in [4.78, 5) is 11.0. The molecule has 2 unspecified atom stereocenters. The van der Waals surface area contributed by atoms with Gasteiger partial charge in [0.05, 0.1) is 6.61 Å². The quantitative estimate of drug-likeness (QED) is 0.438. The fourth-order valence-electron chi connectivity index (χ4n) is 2.63. The average Bonchev–Trinajstić information content (AvgIpc) is 2.16. The maximum absolute atomic E-state index is 11.0. The Balaban J connectivity index is 2.12. The molecule has 2 atom stereocenters. The van der Waals surface area contributed by atoms with Crippen LogP contribution in [0.25, 0.3) is 0 Å². The molecule has 0 aromatic carbocycles. The molecule has 2 heteroatoms. The van der Waals surface area contributed by atoms with Crippen molar-refractivity contribution in [3.8, 4) is 0 Å². The summed E-state index contributed by atoms with van der Waals surface area (Å²) in [6.07, 6.45) is 6.19. The molecule has 1 aliphatic heterocycles. The van der Waals surface area contributed by atoms with Gasteiger partial charge < -0.3 is 4.74 Å². The van der Waals surface area contributed by atoms with Gasteiger partial charge in [-0.1, -0.05) is 18.6 Å². The molecular formula is C12H18O2. The molecule has 1 fully saturated rings. The molecule has 1 spiro atoms. The summed E-state index contributed by atoms with van der Waals surface area (Å²) in [5.74, 6) is 0.634. The van der Waals surface area contributed by atoms with Gasteiger partial charge in [0, 0.05) is 11.8 Å². The standard InChI is InChI=1S/C12H18O2/c1-9-3-5-12(10(2)7-9)6-4-11(13)14-8-12/h3,10H,4-8H2,1-2H3. The van der Waals surface area contributed by atoms with Gasteiger partial charge in [0.15, 0.2) is 0 Å². The lowest BCUT2D eigenvalue weighted by Gasteiger charge is -2.43. The highest BCUT2D eigenvalue weighted by Crippen LogP contribution is 2.45. The van der Waals surface area contributed by atoms with Gasteiger partial charge in [-0.3, -0.25) is 4.79 Å². The van der Waals surface area contributed by atoms with Crippen molar-refractivity contribution in [1.29, 1.82) is 0 Å². The van der Waals surface area contributed by atoms with Gasteiger partial charge in [0.25, 0.3) is 0 Å². The van der Waals surface area contributed by atoms with Crippen LogP contribution in [0.5, 0.6) is 0 Å². The fraction of sp³-hybridized carbons (Fsp3) is 0.750. The van der Waals surface area contributed by atoms with Crippen LogP contribution in [0, 0.1) is 11.3 Å². The van der Waals surface area contributed by atoms with Crippen molar-refractivity contribution in [3.63, 3.8) is 0 Å². The van der Waals surface area contributed by atoms with Gasteiger partial charge >= 0.3 is 5.97 Å². The predicted molar refractivity (Wildman–Crippen MR) is 54.8 cm³/mol. The molecule has 2 aliphatic rings. The Kier molecular flexibility index (Phi) is 2.38. The number of carbonyl (C=O) groups excluding carboxylic acids is 1. The van der Waals surface area contributed by atoms with E-state index in [1.54, 1.807) is 0 Å². The number of hydrogen-bond donors (Lipinski definition) is 0. The Bertz CT molecular complexity index is 268. The first-order chi connectivity index (χ1) is 6.62. The van der Waals surface area contributed by atoms with E-state index in [9.17, 15) is 4.79 Å². The lowest BCUT2D eigenvalue weighted by molar-refractivity contribution is -0.157. The molecule has 0 N–H and O–H groups in total. The van der Waals surface area contributed by atoms with Crippen LogP contribution in [0.2, 0.25) is 0 Å². The summed E-state index contributed by atoms with van der Waals surface area (Å²) < 4.78 is 5.21.